The topological polar surface area (TPSA) is 39.3 Å². The van der Waals surface area contributed by atoms with Crippen molar-refractivity contribution in [2.75, 3.05) is 36.9 Å². The lowest BCUT2D eigenvalue weighted by molar-refractivity contribution is 0.316. The van der Waals surface area contributed by atoms with Crippen molar-refractivity contribution in [3.63, 3.8) is 0 Å². The molecular formula is C19H25ClN4. The molecule has 1 aliphatic heterocycles. The molecule has 128 valence electrons. The Morgan fingerprint density at radius 2 is 2.04 bits per heavy atom. The molecule has 24 heavy (non-hydrogen) atoms. The summed E-state index contributed by atoms with van der Waals surface area (Å²) in [5, 5.41) is 4.27. The maximum absolute atomic E-state index is 6.24. The average Bonchev–Trinajstić information content (AvgIpc) is 2.79. The van der Waals surface area contributed by atoms with Crippen LogP contribution in [0, 0.1) is 0 Å². The summed E-state index contributed by atoms with van der Waals surface area (Å²) in [6.07, 6.45) is 6.90. The summed E-state index contributed by atoms with van der Waals surface area (Å²) < 4.78 is 0. The summed E-state index contributed by atoms with van der Waals surface area (Å²) in [5.74, 6) is 0. The van der Waals surface area contributed by atoms with Crippen LogP contribution in [0.25, 0.3) is 5.57 Å². The fourth-order valence-electron chi connectivity index (χ4n) is 3.06. The van der Waals surface area contributed by atoms with E-state index in [1.165, 1.54) is 5.56 Å². The second-order valence-electron chi connectivity index (χ2n) is 5.99. The molecule has 1 aliphatic carbocycles. The molecule has 0 unspecified atom stereocenters. The van der Waals surface area contributed by atoms with Gasteiger partial charge in [-0.15, -0.1) is 0 Å². The Hall–Kier alpha value is -1.91. The molecule has 4 nitrogen and oxygen atoms in total. The van der Waals surface area contributed by atoms with Crippen LogP contribution in [0.3, 0.4) is 0 Å². The summed E-state index contributed by atoms with van der Waals surface area (Å²) in [5.41, 5.74) is 12.3. The zero-order valence-corrected chi connectivity index (χ0v) is 15.1. The molecule has 0 saturated heterocycles. The van der Waals surface area contributed by atoms with Crippen LogP contribution in [0.4, 0.5) is 11.4 Å². The summed E-state index contributed by atoms with van der Waals surface area (Å²) >= 11 is 6.24. The molecule has 1 heterocycles. The number of halogens is 1. The van der Waals surface area contributed by atoms with Gasteiger partial charge in [-0.05, 0) is 37.4 Å². The summed E-state index contributed by atoms with van der Waals surface area (Å²) in [7, 11) is 0. The third-order valence-electron chi connectivity index (χ3n) is 4.52. The number of rotatable bonds is 6. The highest BCUT2D eigenvalue weighted by Crippen LogP contribution is 2.35. The van der Waals surface area contributed by atoms with Crippen molar-refractivity contribution >= 4 is 28.5 Å². The van der Waals surface area contributed by atoms with Crippen LogP contribution in [0.5, 0.6) is 0 Å². The minimum atomic E-state index is 0.760. The number of nitrogens with one attached hydrogen (secondary N) is 3. The summed E-state index contributed by atoms with van der Waals surface area (Å²) in [4.78, 5) is 2.41. The van der Waals surface area contributed by atoms with Gasteiger partial charge in [-0.1, -0.05) is 37.6 Å². The van der Waals surface area contributed by atoms with Crippen molar-refractivity contribution < 1.29 is 0 Å². The molecule has 5 heteroatoms. The Morgan fingerprint density at radius 3 is 2.83 bits per heavy atom. The first-order valence-electron chi connectivity index (χ1n) is 8.60. The van der Waals surface area contributed by atoms with Crippen LogP contribution in [0.15, 0.2) is 47.2 Å². The predicted molar refractivity (Wildman–Crippen MR) is 104 cm³/mol. The fraction of sp³-hybridized carbons (Fsp3) is 0.368. The standard InChI is InChI=1S/C19H25ClN4/c1-3-24(4-2)11-10-21-15-8-9-16-17-12-14(20)6-5-7-18(17)22-23-19(16)13-15/h5-6,8-9,12-13,21-23H,3-4,7,10-11H2,1-2H3. The van der Waals surface area contributed by atoms with E-state index in [1.807, 2.05) is 12.2 Å². The van der Waals surface area contributed by atoms with Gasteiger partial charge in [-0.25, -0.2) is 0 Å². The molecule has 0 radical (unpaired) electrons. The van der Waals surface area contributed by atoms with Crippen LogP contribution in [-0.2, 0) is 0 Å². The molecule has 0 fully saturated rings. The quantitative estimate of drug-likeness (QED) is 0.724. The van der Waals surface area contributed by atoms with Gasteiger partial charge in [0, 0.05) is 47.1 Å². The molecule has 0 spiro atoms. The monoisotopic (exact) mass is 344 g/mol. The van der Waals surface area contributed by atoms with Crippen LogP contribution in [0.2, 0.25) is 0 Å². The molecule has 0 aromatic heterocycles. The first-order chi connectivity index (χ1) is 11.7. The van der Waals surface area contributed by atoms with Crippen LogP contribution >= 0.6 is 11.6 Å². The van der Waals surface area contributed by atoms with E-state index in [0.717, 1.165) is 60.3 Å². The Balaban J connectivity index is 1.74. The van der Waals surface area contributed by atoms with E-state index >= 15 is 0 Å². The second kappa shape index (κ2) is 7.77. The molecule has 2 aliphatic rings. The highest BCUT2D eigenvalue weighted by molar-refractivity contribution is 6.32. The highest BCUT2D eigenvalue weighted by Gasteiger charge is 2.18. The molecular weight excluding hydrogens is 320 g/mol. The lowest BCUT2D eigenvalue weighted by atomic mass is 9.98. The molecule has 3 N–H and O–H groups in total. The number of benzene rings is 1. The second-order valence-corrected chi connectivity index (χ2v) is 6.43. The molecule has 0 saturated carbocycles. The van der Waals surface area contributed by atoms with Gasteiger partial charge in [0.05, 0.1) is 5.69 Å². The van der Waals surface area contributed by atoms with E-state index in [2.05, 4.69) is 59.2 Å². The number of anilines is 2. The van der Waals surface area contributed by atoms with Gasteiger partial charge >= 0.3 is 0 Å². The average molecular weight is 345 g/mol. The van der Waals surface area contributed by atoms with Crippen molar-refractivity contribution in [3.05, 3.63) is 52.7 Å². The Labute approximate surface area is 149 Å². The summed E-state index contributed by atoms with van der Waals surface area (Å²) in [6.45, 7) is 8.57. The zero-order chi connectivity index (χ0) is 16.9. The number of hydrogen-bond donors (Lipinski definition) is 3. The van der Waals surface area contributed by atoms with E-state index in [0.29, 0.717) is 0 Å². The Kier molecular flexibility index (Phi) is 5.48. The van der Waals surface area contributed by atoms with Crippen molar-refractivity contribution in [1.29, 1.82) is 0 Å². The van der Waals surface area contributed by atoms with Gasteiger partial charge in [0.25, 0.3) is 0 Å². The van der Waals surface area contributed by atoms with Gasteiger partial charge in [-0.3, -0.25) is 0 Å². The molecule has 0 atom stereocenters. The molecule has 3 rings (SSSR count). The van der Waals surface area contributed by atoms with Crippen LogP contribution < -0.4 is 16.2 Å². The number of nitrogens with zero attached hydrogens (tertiary/aromatic N) is 1. The first-order valence-corrected chi connectivity index (χ1v) is 8.98. The number of hydrogen-bond acceptors (Lipinski definition) is 4. The third-order valence-corrected chi connectivity index (χ3v) is 4.75. The van der Waals surface area contributed by atoms with Gasteiger partial charge in [0.15, 0.2) is 0 Å². The molecule has 1 aromatic carbocycles. The number of likely N-dealkylation sites (N-methyl/N-ethyl adjacent to an activating group) is 1. The fourth-order valence-corrected chi connectivity index (χ4v) is 3.26. The van der Waals surface area contributed by atoms with Gasteiger partial charge in [0.2, 0.25) is 0 Å². The van der Waals surface area contributed by atoms with E-state index in [-0.39, 0.29) is 0 Å². The predicted octanol–water partition coefficient (Wildman–Crippen LogP) is 4.16. The number of hydrazine groups is 1. The van der Waals surface area contributed by atoms with Gasteiger partial charge in [0.1, 0.15) is 0 Å². The Morgan fingerprint density at radius 1 is 1.21 bits per heavy atom. The largest absolute Gasteiger partial charge is 0.384 e. The molecule has 0 amide bonds. The van der Waals surface area contributed by atoms with Crippen LogP contribution in [0.1, 0.15) is 25.8 Å². The lowest BCUT2D eigenvalue weighted by Crippen LogP contribution is -2.29. The minimum absolute atomic E-state index is 0.760. The smallest absolute Gasteiger partial charge is 0.0639 e. The number of fused-ring (bicyclic) bond motifs is 2. The van der Waals surface area contributed by atoms with Gasteiger partial charge < -0.3 is 21.1 Å². The van der Waals surface area contributed by atoms with Crippen LogP contribution in [-0.4, -0.2) is 31.1 Å². The van der Waals surface area contributed by atoms with E-state index in [9.17, 15) is 0 Å². The van der Waals surface area contributed by atoms with Crippen molar-refractivity contribution in [2.45, 2.75) is 20.3 Å². The maximum Gasteiger partial charge on any atom is 0.0639 e. The minimum Gasteiger partial charge on any atom is -0.384 e. The van der Waals surface area contributed by atoms with Crippen molar-refractivity contribution in [3.8, 4) is 0 Å². The highest BCUT2D eigenvalue weighted by atomic mass is 35.5. The first kappa shape index (κ1) is 16.9. The third kappa shape index (κ3) is 3.77. The summed E-state index contributed by atoms with van der Waals surface area (Å²) in [6, 6.07) is 6.44. The maximum atomic E-state index is 6.24. The lowest BCUT2D eigenvalue weighted by Gasteiger charge is -2.25. The molecule has 0 bridgehead atoms. The zero-order valence-electron chi connectivity index (χ0n) is 14.3. The molecule has 1 aromatic rings. The van der Waals surface area contributed by atoms with Crippen molar-refractivity contribution in [1.82, 2.24) is 10.3 Å². The van der Waals surface area contributed by atoms with Gasteiger partial charge in [-0.2, -0.15) is 0 Å². The SMILES string of the molecule is CCN(CC)CCNc1ccc2c(c1)NNC1=C2C=C(Cl)C=CC1. The Bertz CT molecular complexity index is 687. The van der Waals surface area contributed by atoms with E-state index in [1.54, 1.807) is 0 Å². The van der Waals surface area contributed by atoms with E-state index < -0.39 is 0 Å². The van der Waals surface area contributed by atoms with E-state index in [4.69, 9.17) is 11.6 Å². The normalized spacial score (nSPS) is 15.9. The number of allylic oxidation sites excluding steroid dienone is 5. The van der Waals surface area contributed by atoms with Crippen molar-refractivity contribution in [2.24, 2.45) is 0 Å².